The van der Waals surface area contributed by atoms with Gasteiger partial charge in [0, 0.05) is 25.8 Å². The van der Waals surface area contributed by atoms with Crippen LogP contribution in [0.25, 0.3) is 11.2 Å². The second kappa shape index (κ2) is 14.2. The van der Waals surface area contributed by atoms with Crippen molar-refractivity contribution in [3.63, 3.8) is 0 Å². The largest absolute Gasteiger partial charge is 0.472 e. The first-order chi connectivity index (χ1) is 12.7. The molecule has 0 atom stereocenters. The van der Waals surface area contributed by atoms with E-state index in [1.165, 1.54) is 6.20 Å². The van der Waals surface area contributed by atoms with Gasteiger partial charge in [-0.3, -0.25) is 9.36 Å². The minimum absolute atomic E-state index is 0.179. The fourth-order valence-corrected chi connectivity index (χ4v) is 2.08. The SMILES string of the molecule is CC.CC.CCOC(COc1ccc2ncc(=O)n(CC)c2n1)OCC. The molecule has 0 fully saturated rings. The molecule has 2 aromatic heterocycles. The molecule has 0 aliphatic rings. The quantitative estimate of drug-likeness (QED) is 0.663. The summed E-state index contributed by atoms with van der Waals surface area (Å²) >= 11 is 0. The predicted molar refractivity (Wildman–Crippen MR) is 105 cm³/mol. The summed E-state index contributed by atoms with van der Waals surface area (Å²) in [7, 11) is 0. The summed E-state index contributed by atoms with van der Waals surface area (Å²) in [4.78, 5) is 20.2. The van der Waals surface area contributed by atoms with E-state index in [-0.39, 0.29) is 12.2 Å². The van der Waals surface area contributed by atoms with Gasteiger partial charge in [0.05, 0.1) is 6.20 Å². The molecule has 0 bridgehead atoms. The molecule has 2 rings (SSSR count). The summed E-state index contributed by atoms with van der Waals surface area (Å²) < 4.78 is 18.0. The minimum Gasteiger partial charge on any atom is -0.472 e. The molecule has 0 amide bonds. The summed E-state index contributed by atoms with van der Waals surface area (Å²) in [6.07, 6.45) is 0.864. The lowest BCUT2D eigenvalue weighted by Gasteiger charge is -2.17. The Hall–Kier alpha value is -1.99. The molecule has 0 saturated carbocycles. The highest BCUT2D eigenvalue weighted by Gasteiger charge is 2.11. The van der Waals surface area contributed by atoms with E-state index < -0.39 is 6.29 Å². The lowest BCUT2D eigenvalue weighted by molar-refractivity contribution is -0.152. The zero-order chi connectivity index (χ0) is 19.9. The Kier molecular flexibility index (Phi) is 13.1. The van der Waals surface area contributed by atoms with Gasteiger partial charge in [-0.25, -0.2) is 4.98 Å². The van der Waals surface area contributed by atoms with E-state index in [4.69, 9.17) is 14.2 Å². The van der Waals surface area contributed by atoms with Crippen LogP contribution < -0.4 is 10.3 Å². The molecule has 2 aromatic rings. The molecular weight excluding hydrogens is 334 g/mol. The van der Waals surface area contributed by atoms with E-state index >= 15 is 0 Å². The van der Waals surface area contributed by atoms with Crippen molar-refractivity contribution in [2.75, 3.05) is 19.8 Å². The zero-order valence-electron chi connectivity index (χ0n) is 17.1. The highest BCUT2D eigenvalue weighted by Crippen LogP contribution is 2.14. The Morgan fingerprint density at radius 1 is 1.04 bits per heavy atom. The number of hydrogen-bond donors (Lipinski definition) is 0. The monoisotopic (exact) mass is 367 g/mol. The van der Waals surface area contributed by atoms with Gasteiger partial charge in [0.15, 0.2) is 11.9 Å². The van der Waals surface area contributed by atoms with Crippen molar-refractivity contribution in [1.29, 1.82) is 0 Å². The van der Waals surface area contributed by atoms with Gasteiger partial charge in [0.25, 0.3) is 5.56 Å². The van der Waals surface area contributed by atoms with E-state index in [0.717, 1.165) is 0 Å². The summed E-state index contributed by atoms with van der Waals surface area (Å²) in [5.41, 5.74) is 0.984. The van der Waals surface area contributed by atoms with Gasteiger partial charge in [0.1, 0.15) is 12.1 Å². The molecule has 0 N–H and O–H groups in total. The standard InChI is InChI=1S/C15H21N3O4.2C2H6/c1-4-18-13(19)9-16-11-7-8-12(17-15(11)18)22-10-14(20-5-2)21-6-3;2*1-2/h7-9,14H,4-6,10H2,1-3H3;2*1-2H3. The molecule has 0 radical (unpaired) electrons. The highest BCUT2D eigenvalue weighted by molar-refractivity contribution is 5.70. The lowest BCUT2D eigenvalue weighted by Crippen LogP contribution is -2.25. The number of pyridine rings is 1. The van der Waals surface area contributed by atoms with Crippen molar-refractivity contribution in [3.05, 3.63) is 28.7 Å². The van der Waals surface area contributed by atoms with Crippen LogP contribution in [-0.2, 0) is 16.0 Å². The van der Waals surface area contributed by atoms with E-state index in [2.05, 4.69) is 9.97 Å². The van der Waals surface area contributed by atoms with Gasteiger partial charge in [-0.1, -0.05) is 27.7 Å². The Bertz CT molecular complexity index is 667. The summed E-state index contributed by atoms with van der Waals surface area (Å²) in [6.45, 7) is 15.5. The number of aryl methyl sites for hydroxylation is 1. The average Bonchev–Trinajstić information content (AvgIpc) is 2.69. The molecule has 148 valence electrons. The number of fused-ring (bicyclic) bond motifs is 1. The van der Waals surface area contributed by atoms with Crippen molar-refractivity contribution in [2.24, 2.45) is 0 Å². The molecule has 0 spiro atoms. The van der Waals surface area contributed by atoms with Crippen molar-refractivity contribution < 1.29 is 14.2 Å². The second-order valence-electron chi connectivity index (χ2n) is 4.48. The topological polar surface area (TPSA) is 75.5 Å². The molecular formula is C19H33N3O4. The van der Waals surface area contributed by atoms with Crippen LogP contribution in [0.4, 0.5) is 0 Å². The van der Waals surface area contributed by atoms with Gasteiger partial charge in [0.2, 0.25) is 5.88 Å². The van der Waals surface area contributed by atoms with Crippen LogP contribution in [0.3, 0.4) is 0 Å². The third-order valence-electron chi connectivity index (χ3n) is 3.05. The molecule has 0 aromatic carbocycles. The van der Waals surface area contributed by atoms with E-state index in [1.807, 2.05) is 48.5 Å². The van der Waals surface area contributed by atoms with Crippen LogP contribution in [0, 0.1) is 0 Å². The smallest absolute Gasteiger partial charge is 0.270 e. The van der Waals surface area contributed by atoms with Gasteiger partial charge in [-0.2, -0.15) is 4.98 Å². The van der Waals surface area contributed by atoms with Crippen LogP contribution >= 0.6 is 0 Å². The maximum atomic E-state index is 11.8. The first kappa shape index (κ1) is 24.0. The van der Waals surface area contributed by atoms with Crippen LogP contribution in [0.2, 0.25) is 0 Å². The lowest BCUT2D eigenvalue weighted by atomic mass is 10.4. The average molecular weight is 367 g/mol. The Morgan fingerprint density at radius 3 is 2.19 bits per heavy atom. The molecule has 2 heterocycles. The van der Waals surface area contributed by atoms with E-state index in [9.17, 15) is 4.79 Å². The molecule has 7 heteroatoms. The number of ether oxygens (including phenoxy) is 3. The van der Waals surface area contributed by atoms with Crippen LogP contribution in [0.1, 0.15) is 48.5 Å². The van der Waals surface area contributed by atoms with Gasteiger partial charge < -0.3 is 14.2 Å². The molecule has 7 nitrogen and oxygen atoms in total. The molecule has 0 aliphatic carbocycles. The first-order valence-corrected chi connectivity index (χ1v) is 9.42. The minimum atomic E-state index is -0.435. The number of aromatic nitrogens is 3. The number of nitrogens with zero attached hydrogens (tertiary/aromatic N) is 3. The predicted octanol–water partition coefficient (Wildman–Crippen LogP) is 3.64. The Balaban J connectivity index is 0.00000146. The van der Waals surface area contributed by atoms with Crippen molar-refractivity contribution in [1.82, 2.24) is 14.5 Å². The fourth-order valence-electron chi connectivity index (χ4n) is 2.08. The summed E-state index contributed by atoms with van der Waals surface area (Å²) in [5.74, 6) is 0.409. The van der Waals surface area contributed by atoms with E-state index in [1.54, 1.807) is 16.7 Å². The van der Waals surface area contributed by atoms with Gasteiger partial charge in [-0.15, -0.1) is 0 Å². The van der Waals surface area contributed by atoms with E-state index in [0.29, 0.717) is 36.8 Å². The van der Waals surface area contributed by atoms with Crippen molar-refractivity contribution in [2.45, 2.75) is 61.3 Å². The molecule has 0 saturated heterocycles. The molecule has 0 unspecified atom stereocenters. The van der Waals surface area contributed by atoms with Crippen LogP contribution in [0.15, 0.2) is 23.1 Å². The van der Waals surface area contributed by atoms with Crippen LogP contribution in [0.5, 0.6) is 5.88 Å². The number of rotatable bonds is 8. The number of hydrogen-bond acceptors (Lipinski definition) is 6. The van der Waals surface area contributed by atoms with Gasteiger partial charge >= 0.3 is 0 Å². The third-order valence-corrected chi connectivity index (χ3v) is 3.05. The molecule has 0 aliphatic heterocycles. The maximum absolute atomic E-state index is 11.8. The first-order valence-electron chi connectivity index (χ1n) is 9.42. The fraction of sp³-hybridized carbons (Fsp3) is 0.632. The Morgan fingerprint density at radius 2 is 1.65 bits per heavy atom. The van der Waals surface area contributed by atoms with Gasteiger partial charge in [-0.05, 0) is 26.8 Å². The van der Waals surface area contributed by atoms with Crippen molar-refractivity contribution in [3.8, 4) is 5.88 Å². The van der Waals surface area contributed by atoms with Crippen LogP contribution in [-0.4, -0.2) is 40.6 Å². The highest BCUT2D eigenvalue weighted by atomic mass is 16.7. The second-order valence-corrected chi connectivity index (χ2v) is 4.48. The summed E-state index contributed by atoms with van der Waals surface area (Å²) in [6, 6.07) is 3.49. The third kappa shape index (κ3) is 7.09. The van der Waals surface area contributed by atoms with Crippen molar-refractivity contribution >= 4 is 11.2 Å². The Labute approximate surface area is 156 Å². The maximum Gasteiger partial charge on any atom is 0.270 e. The normalized spacial score (nSPS) is 10.0. The zero-order valence-corrected chi connectivity index (χ0v) is 17.1. The molecule has 26 heavy (non-hydrogen) atoms. The summed E-state index contributed by atoms with van der Waals surface area (Å²) in [5, 5.41) is 0.